The van der Waals surface area contributed by atoms with Gasteiger partial charge in [-0.2, -0.15) is 0 Å². The van der Waals surface area contributed by atoms with E-state index in [0.29, 0.717) is 21.9 Å². The lowest BCUT2D eigenvalue weighted by atomic mass is 10.0. The Morgan fingerprint density at radius 2 is 2.17 bits per heavy atom. The molecule has 92 valence electrons. The molecule has 0 bridgehead atoms. The Labute approximate surface area is 109 Å². The van der Waals surface area contributed by atoms with Crippen molar-refractivity contribution >= 4 is 17.6 Å². The molecule has 2 rings (SSSR count). The third-order valence-corrected chi connectivity index (χ3v) is 2.78. The van der Waals surface area contributed by atoms with Crippen LogP contribution < -0.4 is 4.74 Å². The van der Waals surface area contributed by atoms with Crippen molar-refractivity contribution in [2.75, 3.05) is 7.11 Å². The van der Waals surface area contributed by atoms with Gasteiger partial charge in [0.1, 0.15) is 5.75 Å². The van der Waals surface area contributed by atoms with Crippen LogP contribution >= 0.6 is 11.6 Å². The summed E-state index contributed by atoms with van der Waals surface area (Å²) in [5, 5.41) is 9.43. The fourth-order valence-electron chi connectivity index (χ4n) is 1.65. The molecule has 0 aliphatic heterocycles. The minimum absolute atomic E-state index is 0.106. The molecule has 4 nitrogen and oxygen atoms in total. The van der Waals surface area contributed by atoms with E-state index in [2.05, 4.69) is 4.98 Å². The van der Waals surface area contributed by atoms with Gasteiger partial charge in [-0.3, -0.25) is 4.98 Å². The minimum atomic E-state index is -1.03. The highest BCUT2D eigenvalue weighted by molar-refractivity contribution is 6.33. The highest BCUT2D eigenvalue weighted by Gasteiger charge is 2.12. The lowest BCUT2D eigenvalue weighted by Crippen LogP contribution is -1.98. The molecule has 0 atom stereocenters. The first-order chi connectivity index (χ1) is 8.63. The summed E-state index contributed by atoms with van der Waals surface area (Å²) in [6, 6.07) is 6.75. The number of rotatable bonds is 3. The van der Waals surface area contributed by atoms with Crippen LogP contribution in [-0.4, -0.2) is 23.2 Å². The summed E-state index contributed by atoms with van der Waals surface area (Å²) in [5.41, 5.74) is 1.35. The van der Waals surface area contributed by atoms with Crippen molar-refractivity contribution in [3.8, 4) is 16.9 Å². The van der Waals surface area contributed by atoms with Crippen LogP contribution in [0.5, 0.6) is 5.75 Å². The molecule has 1 heterocycles. The number of ether oxygens (including phenoxy) is 1. The largest absolute Gasteiger partial charge is 0.496 e. The second-order valence-electron chi connectivity index (χ2n) is 3.58. The van der Waals surface area contributed by atoms with Gasteiger partial charge < -0.3 is 9.84 Å². The van der Waals surface area contributed by atoms with Gasteiger partial charge in [0.2, 0.25) is 0 Å². The van der Waals surface area contributed by atoms with E-state index in [-0.39, 0.29) is 5.56 Å². The number of halogens is 1. The molecule has 0 fully saturated rings. The van der Waals surface area contributed by atoms with Crippen LogP contribution in [0.25, 0.3) is 11.1 Å². The van der Waals surface area contributed by atoms with Crippen LogP contribution in [0.2, 0.25) is 5.02 Å². The second-order valence-corrected chi connectivity index (χ2v) is 3.99. The number of pyridine rings is 1. The molecule has 1 aromatic carbocycles. The lowest BCUT2D eigenvalue weighted by Gasteiger charge is -2.10. The van der Waals surface area contributed by atoms with Gasteiger partial charge in [0, 0.05) is 23.5 Å². The summed E-state index contributed by atoms with van der Waals surface area (Å²) in [4.78, 5) is 14.8. The topological polar surface area (TPSA) is 59.4 Å². The Morgan fingerprint density at radius 3 is 2.83 bits per heavy atom. The molecule has 0 aliphatic rings. The molecule has 0 spiro atoms. The first-order valence-electron chi connectivity index (χ1n) is 5.14. The standard InChI is InChI=1S/C13H10ClNO3/c1-18-11-4-2-3-10(14)12(11)8-5-9(13(16)17)7-15-6-8/h2-7H,1H3,(H,16,17). The Morgan fingerprint density at radius 1 is 1.39 bits per heavy atom. The molecule has 0 saturated carbocycles. The van der Waals surface area contributed by atoms with E-state index < -0.39 is 5.97 Å². The monoisotopic (exact) mass is 263 g/mol. The lowest BCUT2D eigenvalue weighted by molar-refractivity contribution is 0.0696. The zero-order valence-electron chi connectivity index (χ0n) is 9.55. The van der Waals surface area contributed by atoms with E-state index in [1.807, 2.05) is 0 Å². The predicted molar refractivity (Wildman–Crippen MR) is 68.2 cm³/mol. The molecule has 5 heteroatoms. The first kappa shape index (κ1) is 12.4. The van der Waals surface area contributed by atoms with E-state index >= 15 is 0 Å². The number of carboxylic acid groups (broad SMARTS) is 1. The number of carbonyl (C=O) groups is 1. The van der Waals surface area contributed by atoms with Gasteiger partial charge in [-0.05, 0) is 18.2 Å². The Bertz CT molecular complexity index is 599. The summed E-state index contributed by atoms with van der Waals surface area (Å²) in [5.74, 6) is -0.456. The zero-order chi connectivity index (χ0) is 13.1. The number of hydrogen-bond donors (Lipinski definition) is 1. The highest BCUT2D eigenvalue weighted by Crippen LogP contribution is 2.36. The number of hydrogen-bond acceptors (Lipinski definition) is 3. The maximum absolute atomic E-state index is 10.9. The van der Waals surface area contributed by atoms with E-state index in [0.717, 1.165) is 0 Å². The van der Waals surface area contributed by atoms with Crippen molar-refractivity contribution in [1.29, 1.82) is 0 Å². The quantitative estimate of drug-likeness (QED) is 0.924. The predicted octanol–water partition coefficient (Wildman–Crippen LogP) is 3.11. The smallest absolute Gasteiger partial charge is 0.337 e. The molecule has 0 amide bonds. The number of benzene rings is 1. The van der Waals surface area contributed by atoms with Crippen molar-refractivity contribution < 1.29 is 14.6 Å². The summed E-state index contributed by atoms with van der Waals surface area (Å²) in [6.45, 7) is 0. The van der Waals surface area contributed by atoms with Gasteiger partial charge in [-0.1, -0.05) is 17.7 Å². The van der Waals surface area contributed by atoms with Crippen LogP contribution in [0.4, 0.5) is 0 Å². The minimum Gasteiger partial charge on any atom is -0.496 e. The Hall–Kier alpha value is -2.07. The fourth-order valence-corrected chi connectivity index (χ4v) is 1.92. The molecule has 0 unspecified atom stereocenters. The molecule has 0 saturated heterocycles. The Balaban J connectivity index is 2.61. The third kappa shape index (κ3) is 2.28. The molecule has 0 aliphatic carbocycles. The van der Waals surface area contributed by atoms with Crippen molar-refractivity contribution in [1.82, 2.24) is 4.98 Å². The molecule has 2 aromatic rings. The van der Waals surface area contributed by atoms with E-state index in [4.69, 9.17) is 21.4 Å². The van der Waals surface area contributed by atoms with Crippen LogP contribution in [0.15, 0.2) is 36.7 Å². The SMILES string of the molecule is COc1cccc(Cl)c1-c1cncc(C(=O)O)c1. The highest BCUT2D eigenvalue weighted by atomic mass is 35.5. The second kappa shape index (κ2) is 5.06. The van der Waals surface area contributed by atoms with Gasteiger partial charge in [-0.25, -0.2) is 4.79 Å². The van der Waals surface area contributed by atoms with Gasteiger partial charge in [-0.15, -0.1) is 0 Å². The van der Waals surface area contributed by atoms with Crippen LogP contribution in [0.1, 0.15) is 10.4 Å². The summed E-state index contributed by atoms with van der Waals surface area (Å²) < 4.78 is 5.22. The van der Waals surface area contributed by atoms with Crippen molar-refractivity contribution in [2.24, 2.45) is 0 Å². The molecular formula is C13H10ClNO3. The summed E-state index contributed by atoms with van der Waals surface area (Å²) in [6.07, 6.45) is 2.84. The number of carboxylic acids is 1. The summed E-state index contributed by atoms with van der Waals surface area (Å²) in [7, 11) is 1.53. The van der Waals surface area contributed by atoms with Crippen molar-refractivity contribution in [2.45, 2.75) is 0 Å². The Kier molecular flexibility index (Phi) is 3.48. The number of aromatic nitrogens is 1. The van der Waals surface area contributed by atoms with Crippen LogP contribution in [0, 0.1) is 0 Å². The normalized spacial score (nSPS) is 10.1. The average Bonchev–Trinajstić information content (AvgIpc) is 2.38. The van der Waals surface area contributed by atoms with Gasteiger partial charge in [0.15, 0.2) is 0 Å². The average molecular weight is 264 g/mol. The first-order valence-corrected chi connectivity index (χ1v) is 5.52. The maximum atomic E-state index is 10.9. The van der Waals surface area contributed by atoms with E-state index in [1.165, 1.54) is 19.4 Å². The number of aromatic carboxylic acids is 1. The zero-order valence-corrected chi connectivity index (χ0v) is 10.3. The van der Waals surface area contributed by atoms with E-state index in [1.54, 1.807) is 24.4 Å². The number of methoxy groups -OCH3 is 1. The van der Waals surface area contributed by atoms with Crippen molar-refractivity contribution in [3.63, 3.8) is 0 Å². The molecular weight excluding hydrogens is 254 g/mol. The van der Waals surface area contributed by atoms with Crippen molar-refractivity contribution in [3.05, 3.63) is 47.2 Å². The molecule has 18 heavy (non-hydrogen) atoms. The maximum Gasteiger partial charge on any atom is 0.337 e. The van der Waals surface area contributed by atoms with E-state index in [9.17, 15) is 4.79 Å². The fraction of sp³-hybridized carbons (Fsp3) is 0.0769. The van der Waals surface area contributed by atoms with Crippen LogP contribution in [-0.2, 0) is 0 Å². The van der Waals surface area contributed by atoms with Gasteiger partial charge >= 0.3 is 5.97 Å². The van der Waals surface area contributed by atoms with Gasteiger partial charge in [0.25, 0.3) is 0 Å². The van der Waals surface area contributed by atoms with Crippen LogP contribution in [0.3, 0.4) is 0 Å². The summed E-state index contributed by atoms with van der Waals surface area (Å²) >= 11 is 6.12. The molecule has 1 N–H and O–H groups in total. The molecule has 1 aromatic heterocycles. The third-order valence-electron chi connectivity index (χ3n) is 2.47. The van der Waals surface area contributed by atoms with Gasteiger partial charge in [0.05, 0.1) is 17.7 Å². The number of nitrogens with zero attached hydrogens (tertiary/aromatic N) is 1. The molecule has 0 radical (unpaired) electrons.